The van der Waals surface area contributed by atoms with Crippen LogP contribution in [0.25, 0.3) is 0 Å². The number of rotatable bonds is 9. The number of hydrogen-bond acceptors (Lipinski definition) is 8. The van der Waals surface area contributed by atoms with Crippen LogP contribution in [0, 0.1) is 12.7 Å². The van der Waals surface area contributed by atoms with Gasteiger partial charge in [0.2, 0.25) is 5.91 Å². The number of carbonyl (C=O) groups is 2. The van der Waals surface area contributed by atoms with E-state index in [2.05, 4.69) is 15.0 Å². The van der Waals surface area contributed by atoms with E-state index in [1.165, 1.54) is 18.2 Å². The number of carbonyl (C=O) groups excluding carboxylic acids is 2. The Labute approximate surface area is 194 Å². The predicted octanol–water partition coefficient (Wildman–Crippen LogP) is 2.35. The molecule has 0 aliphatic carbocycles. The number of benzene rings is 2. The highest BCUT2D eigenvalue weighted by atomic mass is 32.2. The van der Waals surface area contributed by atoms with Gasteiger partial charge < -0.3 is 22.1 Å². The lowest BCUT2D eigenvalue weighted by atomic mass is 10.0. The number of nitrogens with zero attached hydrogens (tertiary/aromatic N) is 1. The SMILES string of the molecule is Cc1cc(Nc2cc(NC(Cc3ccc(S(C)(=O)=O)cc3)C(N)=O)c(F)cc2C(N)=O)sn1. The van der Waals surface area contributed by atoms with Gasteiger partial charge in [-0.3, -0.25) is 9.59 Å². The minimum absolute atomic E-state index is 0.0692. The van der Waals surface area contributed by atoms with Crippen molar-refractivity contribution in [3.63, 3.8) is 0 Å². The summed E-state index contributed by atoms with van der Waals surface area (Å²) in [4.78, 5) is 24.0. The molecule has 3 aromatic rings. The van der Waals surface area contributed by atoms with Crippen molar-refractivity contribution in [3.8, 4) is 0 Å². The van der Waals surface area contributed by atoms with E-state index >= 15 is 0 Å². The second kappa shape index (κ2) is 9.55. The fourth-order valence-electron chi connectivity index (χ4n) is 3.07. The Morgan fingerprint density at radius 2 is 1.79 bits per heavy atom. The summed E-state index contributed by atoms with van der Waals surface area (Å²) in [6, 6.07) is 8.99. The first-order chi connectivity index (χ1) is 15.4. The van der Waals surface area contributed by atoms with E-state index in [0.29, 0.717) is 10.6 Å². The molecule has 2 amide bonds. The first-order valence-electron chi connectivity index (χ1n) is 9.62. The first kappa shape index (κ1) is 24.1. The molecule has 0 aliphatic heterocycles. The van der Waals surface area contributed by atoms with Crippen molar-refractivity contribution in [1.82, 2.24) is 4.37 Å². The minimum atomic E-state index is -3.36. The third kappa shape index (κ3) is 6.05. The van der Waals surface area contributed by atoms with Crippen molar-refractivity contribution in [2.24, 2.45) is 11.5 Å². The van der Waals surface area contributed by atoms with Crippen molar-refractivity contribution in [2.45, 2.75) is 24.3 Å². The van der Waals surface area contributed by atoms with Gasteiger partial charge in [-0.1, -0.05) is 12.1 Å². The highest BCUT2D eigenvalue weighted by molar-refractivity contribution is 7.90. The molecular formula is C21H22FN5O4S2. The highest BCUT2D eigenvalue weighted by Crippen LogP contribution is 2.30. The van der Waals surface area contributed by atoms with Gasteiger partial charge in [-0.25, -0.2) is 12.8 Å². The zero-order valence-corrected chi connectivity index (χ0v) is 19.4. The molecule has 12 heteroatoms. The first-order valence-corrected chi connectivity index (χ1v) is 12.3. The van der Waals surface area contributed by atoms with Gasteiger partial charge in [0, 0.05) is 12.7 Å². The van der Waals surface area contributed by atoms with Gasteiger partial charge in [0.25, 0.3) is 5.91 Å². The number of sulfone groups is 1. The van der Waals surface area contributed by atoms with Crippen LogP contribution in [0.3, 0.4) is 0 Å². The summed E-state index contributed by atoms with van der Waals surface area (Å²) in [5, 5.41) is 6.37. The summed E-state index contributed by atoms with van der Waals surface area (Å²) < 4.78 is 42.1. The number of aryl methyl sites for hydroxylation is 1. The summed E-state index contributed by atoms with van der Waals surface area (Å²) in [6.45, 7) is 1.80. The monoisotopic (exact) mass is 491 g/mol. The zero-order valence-electron chi connectivity index (χ0n) is 17.8. The van der Waals surface area contributed by atoms with E-state index in [9.17, 15) is 22.4 Å². The zero-order chi connectivity index (χ0) is 24.3. The van der Waals surface area contributed by atoms with E-state index in [-0.39, 0.29) is 28.3 Å². The third-order valence-electron chi connectivity index (χ3n) is 4.72. The quantitative estimate of drug-likeness (QED) is 0.358. The topological polar surface area (TPSA) is 157 Å². The third-order valence-corrected chi connectivity index (χ3v) is 6.65. The number of nitrogens with two attached hydrogens (primary N) is 2. The maximum absolute atomic E-state index is 14.8. The molecular weight excluding hydrogens is 469 g/mol. The second-order valence-corrected chi connectivity index (χ2v) is 10.2. The van der Waals surface area contributed by atoms with E-state index in [4.69, 9.17) is 11.5 Å². The molecule has 0 radical (unpaired) electrons. The smallest absolute Gasteiger partial charge is 0.250 e. The standard InChI is InChI=1S/C21H22FN5O4S2/c1-11-7-19(32-27-11)26-16-10-17(15(22)9-14(16)20(23)28)25-18(21(24)29)8-12-3-5-13(6-4-12)33(2,30)31/h3-7,9-10,18,25-26H,8H2,1-2H3,(H2,23,28)(H2,24,29). The number of halogens is 1. The highest BCUT2D eigenvalue weighted by Gasteiger charge is 2.21. The van der Waals surface area contributed by atoms with E-state index in [1.807, 2.05) is 0 Å². The Hall–Kier alpha value is -3.51. The molecule has 1 unspecified atom stereocenters. The van der Waals surface area contributed by atoms with Crippen molar-refractivity contribution >= 4 is 49.6 Å². The van der Waals surface area contributed by atoms with Crippen molar-refractivity contribution < 1.29 is 22.4 Å². The van der Waals surface area contributed by atoms with Gasteiger partial charge >= 0.3 is 0 Å². The summed E-state index contributed by atoms with van der Waals surface area (Å²) >= 11 is 1.15. The maximum Gasteiger partial charge on any atom is 0.250 e. The van der Waals surface area contributed by atoms with Crippen LogP contribution in [0.4, 0.5) is 20.8 Å². The Morgan fingerprint density at radius 1 is 1.12 bits per heavy atom. The number of anilines is 3. The molecule has 0 bridgehead atoms. The van der Waals surface area contributed by atoms with Gasteiger partial charge in [-0.05, 0) is 54.4 Å². The van der Waals surface area contributed by atoms with Gasteiger partial charge in [0.15, 0.2) is 9.84 Å². The molecule has 9 nitrogen and oxygen atoms in total. The number of primary amides is 2. The average molecular weight is 492 g/mol. The Kier molecular flexibility index (Phi) is 6.98. The molecule has 0 spiro atoms. The van der Waals surface area contributed by atoms with Crippen LogP contribution in [-0.2, 0) is 21.1 Å². The molecule has 33 heavy (non-hydrogen) atoms. The van der Waals surface area contributed by atoms with Crippen molar-refractivity contribution in [3.05, 3.63) is 65.1 Å². The summed E-state index contributed by atoms with van der Waals surface area (Å²) in [7, 11) is -3.36. The number of aromatic nitrogens is 1. The molecule has 0 fully saturated rings. The molecule has 0 saturated heterocycles. The van der Waals surface area contributed by atoms with Crippen molar-refractivity contribution in [2.75, 3.05) is 16.9 Å². The average Bonchev–Trinajstić information content (AvgIpc) is 3.13. The van der Waals surface area contributed by atoms with Crippen LogP contribution in [0.2, 0.25) is 0 Å². The maximum atomic E-state index is 14.8. The number of hydrogen-bond donors (Lipinski definition) is 4. The summed E-state index contributed by atoms with van der Waals surface area (Å²) in [6.07, 6.45) is 1.17. The fraction of sp³-hybridized carbons (Fsp3) is 0.190. The molecule has 1 aromatic heterocycles. The van der Waals surface area contributed by atoms with E-state index < -0.39 is 33.5 Å². The van der Waals surface area contributed by atoms with Crippen LogP contribution in [-0.4, -0.2) is 36.9 Å². The normalized spacial score (nSPS) is 12.2. The summed E-state index contributed by atoms with van der Waals surface area (Å²) in [5.41, 5.74) is 12.4. The molecule has 0 aliphatic rings. The van der Waals surface area contributed by atoms with Crippen LogP contribution in [0.5, 0.6) is 0 Å². The Morgan fingerprint density at radius 3 is 2.30 bits per heavy atom. The number of nitrogens with one attached hydrogen (secondary N) is 2. The van der Waals surface area contributed by atoms with Gasteiger partial charge in [0.05, 0.1) is 27.5 Å². The Bertz CT molecular complexity index is 1310. The lowest BCUT2D eigenvalue weighted by molar-refractivity contribution is -0.118. The summed E-state index contributed by atoms with van der Waals surface area (Å²) in [5.74, 6) is -2.37. The Balaban J connectivity index is 1.89. The minimum Gasteiger partial charge on any atom is -0.371 e. The van der Waals surface area contributed by atoms with Crippen LogP contribution in [0.1, 0.15) is 21.6 Å². The van der Waals surface area contributed by atoms with Gasteiger partial charge in [0.1, 0.15) is 16.9 Å². The number of amides is 2. The lowest BCUT2D eigenvalue weighted by Crippen LogP contribution is -2.37. The predicted molar refractivity (Wildman–Crippen MR) is 125 cm³/mol. The van der Waals surface area contributed by atoms with Crippen LogP contribution < -0.4 is 22.1 Å². The largest absolute Gasteiger partial charge is 0.371 e. The van der Waals surface area contributed by atoms with Gasteiger partial charge in [-0.15, -0.1) is 0 Å². The molecule has 174 valence electrons. The van der Waals surface area contributed by atoms with E-state index in [0.717, 1.165) is 29.5 Å². The van der Waals surface area contributed by atoms with Crippen molar-refractivity contribution in [1.29, 1.82) is 0 Å². The fourth-order valence-corrected chi connectivity index (χ4v) is 4.37. The molecule has 1 atom stereocenters. The second-order valence-electron chi connectivity index (χ2n) is 7.42. The molecule has 3 rings (SSSR count). The lowest BCUT2D eigenvalue weighted by Gasteiger charge is -2.19. The molecule has 6 N–H and O–H groups in total. The van der Waals surface area contributed by atoms with E-state index in [1.54, 1.807) is 25.1 Å². The van der Waals surface area contributed by atoms with Gasteiger partial charge in [-0.2, -0.15) is 4.37 Å². The molecule has 1 heterocycles. The van der Waals surface area contributed by atoms with Crippen LogP contribution in [0.15, 0.2) is 47.4 Å². The van der Waals surface area contributed by atoms with Crippen LogP contribution >= 0.6 is 11.5 Å². The molecule has 2 aromatic carbocycles. The molecule has 0 saturated carbocycles.